The number of rotatable bonds is 52. The standard InChI is InChI=1S/C69H108O6/c1-4-7-10-13-16-19-22-25-27-29-30-31-32-33-34-35-36-37-38-40-41-44-47-50-53-56-59-62-68(71)74-65-66(64-73-67(70)61-58-55-52-49-46-43-24-21-18-15-12-9-6-3)75-69(72)63-60-57-54-51-48-45-42-39-28-26-23-20-17-14-11-8-5-2/h7,9-10,12,16-21,25-28,30-31,33-34,36-37,40-41,43,46-47,50,66H,4-6,8,11,13-15,22-24,29,32,35,38-39,42,44-45,48-49,51-65H2,1-3H3/b10-7-,12-9-,19-16-,20-17-,21-18-,27-25-,28-26-,31-30-,34-33-,37-36-,41-40-,46-43-,50-47-. The Labute approximate surface area is 460 Å². The van der Waals surface area contributed by atoms with Crippen LogP contribution < -0.4 is 0 Å². The smallest absolute Gasteiger partial charge is 0.306 e. The van der Waals surface area contributed by atoms with E-state index >= 15 is 0 Å². The van der Waals surface area contributed by atoms with Crippen LogP contribution in [0.25, 0.3) is 0 Å². The Morgan fingerprint density at radius 1 is 0.280 bits per heavy atom. The monoisotopic (exact) mass is 1030 g/mol. The Morgan fingerprint density at radius 3 is 0.853 bits per heavy atom. The van der Waals surface area contributed by atoms with Gasteiger partial charge in [-0.1, -0.05) is 230 Å². The van der Waals surface area contributed by atoms with Crippen LogP contribution in [0.4, 0.5) is 0 Å². The SMILES string of the molecule is CC/C=C\C/C=C\C/C=C\C/C=C\C/C=C\C/C=C\C/C=C\C/C=C\CCCCC(=O)OCC(COC(=O)CCCCC/C=C\C/C=C\C/C=C\CC)OC(=O)CCCCCCCCC/C=C\C/C=C\CCCCC. The van der Waals surface area contributed by atoms with Gasteiger partial charge in [-0.3, -0.25) is 14.4 Å². The van der Waals surface area contributed by atoms with Crippen molar-refractivity contribution in [2.75, 3.05) is 13.2 Å². The van der Waals surface area contributed by atoms with Crippen LogP contribution in [0.3, 0.4) is 0 Å². The summed E-state index contributed by atoms with van der Waals surface area (Å²) in [6.07, 6.45) is 89.5. The fourth-order valence-corrected chi connectivity index (χ4v) is 7.56. The number of ether oxygens (including phenoxy) is 3. The first kappa shape index (κ1) is 70.0. The second-order valence-corrected chi connectivity index (χ2v) is 19.1. The number of allylic oxidation sites excluding steroid dienone is 26. The first-order valence-electron chi connectivity index (χ1n) is 30.0. The molecule has 1 atom stereocenters. The molecule has 0 rings (SSSR count). The van der Waals surface area contributed by atoms with Crippen molar-refractivity contribution >= 4 is 17.9 Å². The highest BCUT2D eigenvalue weighted by Crippen LogP contribution is 2.13. The van der Waals surface area contributed by atoms with E-state index in [-0.39, 0.29) is 37.5 Å². The quantitative estimate of drug-likeness (QED) is 0.0261. The minimum atomic E-state index is -0.821. The zero-order chi connectivity index (χ0) is 54.3. The van der Waals surface area contributed by atoms with E-state index < -0.39 is 6.10 Å². The first-order chi connectivity index (χ1) is 37.0. The van der Waals surface area contributed by atoms with Crippen molar-refractivity contribution in [2.24, 2.45) is 0 Å². The second kappa shape index (κ2) is 61.6. The van der Waals surface area contributed by atoms with Crippen LogP contribution in [0.15, 0.2) is 158 Å². The number of esters is 3. The zero-order valence-electron chi connectivity index (χ0n) is 48.0. The van der Waals surface area contributed by atoms with Gasteiger partial charge in [-0.25, -0.2) is 0 Å². The van der Waals surface area contributed by atoms with Crippen molar-refractivity contribution in [1.82, 2.24) is 0 Å². The Morgan fingerprint density at radius 2 is 0.520 bits per heavy atom. The lowest BCUT2D eigenvalue weighted by Gasteiger charge is -2.18. The maximum atomic E-state index is 12.9. The normalized spacial score (nSPS) is 13.3. The lowest BCUT2D eigenvalue weighted by atomic mass is 10.1. The predicted molar refractivity (Wildman–Crippen MR) is 325 cm³/mol. The molecule has 6 nitrogen and oxygen atoms in total. The van der Waals surface area contributed by atoms with E-state index in [0.29, 0.717) is 19.3 Å². The molecule has 0 saturated heterocycles. The van der Waals surface area contributed by atoms with Crippen molar-refractivity contribution < 1.29 is 28.6 Å². The van der Waals surface area contributed by atoms with Crippen LogP contribution in [0, 0.1) is 0 Å². The summed E-state index contributed by atoms with van der Waals surface area (Å²) >= 11 is 0. The highest BCUT2D eigenvalue weighted by Gasteiger charge is 2.19. The van der Waals surface area contributed by atoms with Gasteiger partial charge in [-0.15, -0.1) is 0 Å². The molecule has 0 aromatic carbocycles. The molecule has 1 unspecified atom stereocenters. The Balaban J connectivity index is 4.49. The third kappa shape index (κ3) is 59.8. The molecule has 420 valence electrons. The van der Waals surface area contributed by atoms with Crippen LogP contribution >= 0.6 is 0 Å². The van der Waals surface area contributed by atoms with Crippen molar-refractivity contribution in [2.45, 2.75) is 245 Å². The highest BCUT2D eigenvalue weighted by atomic mass is 16.6. The van der Waals surface area contributed by atoms with Crippen LogP contribution in [-0.2, 0) is 28.6 Å². The molecule has 0 spiro atoms. The van der Waals surface area contributed by atoms with Gasteiger partial charge in [0.1, 0.15) is 13.2 Å². The Kier molecular flexibility index (Phi) is 57.5. The molecule has 0 aliphatic heterocycles. The summed E-state index contributed by atoms with van der Waals surface area (Å²) in [7, 11) is 0. The zero-order valence-corrected chi connectivity index (χ0v) is 48.0. The van der Waals surface area contributed by atoms with Crippen LogP contribution in [-0.4, -0.2) is 37.2 Å². The molecule has 0 radical (unpaired) electrons. The van der Waals surface area contributed by atoms with Gasteiger partial charge in [0, 0.05) is 19.3 Å². The summed E-state index contributed by atoms with van der Waals surface area (Å²) in [6, 6.07) is 0. The minimum Gasteiger partial charge on any atom is -0.462 e. The third-order valence-electron chi connectivity index (χ3n) is 12.0. The largest absolute Gasteiger partial charge is 0.462 e. The van der Waals surface area contributed by atoms with E-state index in [1.165, 1.54) is 51.4 Å². The Bertz CT molecular complexity index is 1710. The van der Waals surface area contributed by atoms with E-state index in [1.54, 1.807) is 0 Å². The van der Waals surface area contributed by atoms with Gasteiger partial charge in [0.15, 0.2) is 6.10 Å². The topological polar surface area (TPSA) is 78.9 Å². The molecule has 0 aromatic rings. The van der Waals surface area contributed by atoms with E-state index in [2.05, 4.69) is 179 Å². The lowest BCUT2D eigenvalue weighted by Crippen LogP contribution is -2.30. The Hall–Kier alpha value is -4.97. The highest BCUT2D eigenvalue weighted by molar-refractivity contribution is 5.71. The molecule has 0 aliphatic carbocycles. The summed E-state index contributed by atoms with van der Waals surface area (Å²) in [5.41, 5.74) is 0. The van der Waals surface area contributed by atoms with Gasteiger partial charge in [0.2, 0.25) is 0 Å². The third-order valence-corrected chi connectivity index (χ3v) is 12.0. The number of carbonyl (C=O) groups excluding carboxylic acids is 3. The van der Waals surface area contributed by atoms with Gasteiger partial charge >= 0.3 is 17.9 Å². The van der Waals surface area contributed by atoms with Gasteiger partial charge in [0.25, 0.3) is 0 Å². The molecule has 0 saturated carbocycles. The molecular weight excluding hydrogens is 925 g/mol. The molecule has 0 fully saturated rings. The predicted octanol–water partition coefficient (Wildman–Crippen LogP) is 20.5. The average molecular weight is 1030 g/mol. The van der Waals surface area contributed by atoms with E-state index in [9.17, 15) is 14.4 Å². The summed E-state index contributed by atoms with van der Waals surface area (Å²) in [5, 5.41) is 0. The molecule has 75 heavy (non-hydrogen) atoms. The fourth-order valence-electron chi connectivity index (χ4n) is 7.56. The van der Waals surface area contributed by atoms with Crippen LogP contribution in [0.2, 0.25) is 0 Å². The summed E-state index contributed by atoms with van der Waals surface area (Å²) < 4.78 is 16.8. The number of carbonyl (C=O) groups is 3. The maximum Gasteiger partial charge on any atom is 0.306 e. The van der Waals surface area contributed by atoms with Crippen molar-refractivity contribution in [1.29, 1.82) is 0 Å². The maximum absolute atomic E-state index is 12.9. The van der Waals surface area contributed by atoms with Crippen LogP contribution in [0.5, 0.6) is 0 Å². The van der Waals surface area contributed by atoms with Crippen LogP contribution in [0.1, 0.15) is 239 Å². The first-order valence-corrected chi connectivity index (χ1v) is 30.0. The minimum absolute atomic E-state index is 0.117. The van der Waals surface area contributed by atoms with Crippen molar-refractivity contribution in [3.8, 4) is 0 Å². The lowest BCUT2D eigenvalue weighted by molar-refractivity contribution is -0.167. The fraction of sp³-hybridized carbons (Fsp3) is 0.580. The van der Waals surface area contributed by atoms with Crippen molar-refractivity contribution in [3.05, 3.63) is 158 Å². The van der Waals surface area contributed by atoms with Gasteiger partial charge in [0.05, 0.1) is 0 Å². The number of unbranched alkanes of at least 4 members (excludes halogenated alkanes) is 15. The summed E-state index contributed by atoms with van der Waals surface area (Å²) in [6.45, 7) is 6.30. The molecular formula is C69H108O6. The van der Waals surface area contributed by atoms with Crippen molar-refractivity contribution in [3.63, 3.8) is 0 Å². The van der Waals surface area contributed by atoms with Gasteiger partial charge in [-0.05, 0) is 148 Å². The number of hydrogen-bond acceptors (Lipinski definition) is 6. The molecule has 0 N–H and O–H groups in total. The van der Waals surface area contributed by atoms with Gasteiger partial charge in [-0.2, -0.15) is 0 Å². The number of hydrogen-bond donors (Lipinski definition) is 0. The molecule has 0 bridgehead atoms. The average Bonchev–Trinajstić information content (AvgIpc) is 3.41. The molecule has 0 heterocycles. The van der Waals surface area contributed by atoms with E-state index in [1.807, 2.05) is 0 Å². The summed E-state index contributed by atoms with van der Waals surface area (Å²) in [4.78, 5) is 38.2. The second-order valence-electron chi connectivity index (χ2n) is 19.1. The molecule has 6 heteroatoms. The molecule has 0 aliphatic rings. The van der Waals surface area contributed by atoms with E-state index in [0.717, 1.165) is 141 Å². The molecule has 0 amide bonds. The molecule has 0 aromatic heterocycles. The van der Waals surface area contributed by atoms with Gasteiger partial charge < -0.3 is 14.2 Å². The van der Waals surface area contributed by atoms with E-state index in [4.69, 9.17) is 14.2 Å². The summed E-state index contributed by atoms with van der Waals surface area (Å²) in [5.74, 6) is -1.00.